The topological polar surface area (TPSA) is 26.3 Å². The molecular weight excluding hydrogens is 336 g/mol. The molecule has 0 aliphatic carbocycles. The van der Waals surface area contributed by atoms with Crippen molar-refractivity contribution < 1.29 is 9.22 Å². The fourth-order valence-corrected chi connectivity index (χ4v) is 4.25. The van der Waals surface area contributed by atoms with Crippen LogP contribution in [0.1, 0.15) is 111 Å². The Labute approximate surface area is 166 Å². The molecule has 3 heteroatoms. The average Bonchev–Trinajstić information content (AvgIpc) is 2.55. The van der Waals surface area contributed by atoms with Crippen LogP contribution in [0.4, 0.5) is 0 Å². The minimum absolute atomic E-state index is 0.0139. The molecule has 0 bridgehead atoms. The minimum atomic E-state index is -1.70. The number of carbonyl (C=O) groups excluding carboxylic acids is 1. The van der Waals surface area contributed by atoms with E-state index in [1.165, 1.54) is 77.0 Å². The predicted molar refractivity (Wildman–Crippen MR) is 118 cm³/mol. The first kappa shape index (κ1) is 25.7. The third-order valence-electron chi connectivity index (χ3n) is 5.21. The van der Waals surface area contributed by atoms with Crippen LogP contribution in [0.3, 0.4) is 0 Å². The van der Waals surface area contributed by atoms with E-state index in [0.29, 0.717) is 12.3 Å². The van der Waals surface area contributed by atoms with Crippen LogP contribution in [0.25, 0.3) is 0 Å². The molecule has 26 heavy (non-hydrogen) atoms. The predicted octanol–water partition coefficient (Wildman–Crippen LogP) is 8.12. The zero-order chi connectivity index (χ0) is 19.8. The van der Waals surface area contributed by atoms with Gasteiger partial charge < -0.3 is 4.43 Å². The van der Waals surface area contributed by atoms with Gasteiger partial charge in [0.05, 0.1) is 0 Å². The summed E-state index contributed by atoms with van der Waals surface area (Å²) in [6.45, 7) is 13.2. The molecule has 0 N–H and O–H groups in total. The molecule has 0 aromatic carbocycles. The molecule has 2 atom stereocenters. The highest BCUT2D eigenvalue weighted by Crippen LogP contribution is 2.19. The van der Waals surface area contributed by atoms with Crippen molar-refractivity contribution in [2.45, 2.75) is 130 Å². The van der Waals surface area contributed by atoms with Gasteiger partial charge in [0.15, 0.2) is 0 Å². The highest BCUT2D eigenvalue weighted by molar-refractivity contribution is 6.71. The van der Waals surface area contributed by atoms with E-state index >= 15 is 0 Å². The Bertz CT molecular complexity index is 336. The van der Waals surface area contributed by atoms with Gasteiger partial charge in [-0.3, -0.25) is 4.79 Å². The van der Waals surface area contributed by atoms with Gasteiger partial charge in [-0.2, -0.15) is 0 Å². The SMILES string of the molecule is CCCCC(C)CCCCCCCCCC(C)CCC(=O)O[Si](C)(C)C. The number of hydrogen-bond acceptors (Lipinski definition) is 2. The molecule has 156 valence electrons. The van der Waals surface area contributed by atoms with Gasteiger partial charge in [-0.15, -0.1) is 0 Å². The number of rotatable bonds is 17. The lowest BCUT2D eigenvalue weighted by Gasteiger charge is -2.18. The molecule has 2 unspecified atom stereocenters. The number of hydrogen-bond donors (Lipinski definition) is 0. The van der Waals surface area contributed by atoms with Gasteiger partial charge >= 0.3 is 0 Å². The van der Waals surface area contributed by atoms with Gasteiger partial charge in [0, 0.05) is 6.42 Å². The molecule has 2 nitrogen and oxygen atoms in total. The maximum Gasteiger partial charge on any atom is 0.292 e. The molecule has 0 aromatic heterocycles. The van der Waals surface area contributed by atoms with Gasteiger partial charge in [-0.05, 0) is 37.9 Å². The number of carbonyl (C=O) groups is 1. The van der Waals surface area contributed by atoms with E-state index in [4.69, 9.17) is 4.43 Å². The highest BCUT2D eigenvalue weighted by atomic mass is 28.4. The zero-order valence-corrected chi connectivity index (χ0v) is 19.9. The Kier molecular flexibility index (Phi) is 15.5. The Morgan fingerprint density at radius 3 is 1.62 bits per heavy atom. The fourth-order valence-electron chi connectivity index (χ4n) is 3.47. The molecule has 0 aliphatic rings. The standard InChI is InChI=1S/C23H48O2Si/c1-7-8-16-21(2)17-14-12-10-9-11-13-15-18-22(3)19-20-23(24)25-26(4,5)6/h21-22H,7-20H2,1-6H3. The summed E-state index contributed by atoms with van der Waals surface area (Å²) in [5, 5.41) is 0. The molecule has 0 aromatic rings. The Morgan fingerprint density at radius 2 is 1.15 bits per heavy atom. The van der Waals surface area contributed by atoms with Crippen LogP contribution in [0.2, 0.25) is 19.6 Å². The van der Waals surface area contributed by atoms with E-state index in [1.807, 2.05) is 0 Å². The van der Waals surface area contributed by atoms with Crippen LogP contribution >= 0.6 is 0 Å². The first-order chi connectivity index (χ1) is 12.2. The lowest BCUT2D eigenvalue weighted by atomic mass is 9.96. The summed E-state index contributed by atoms with van der Waals surface area (Å²) in [4.78, 5) is 11.8. The molecule has 0 rings (SSSR count). The Morgan fingerprint density at radius 1 is 0.731 bits per heavy atom. The molecule has 0 radical (unpaired) electrons. The van der Waals surface area contributed by atoms with Crippen molar-refractivity contribution >= 4 is 14.3 Å². The van der Waals surface area contributed by atoms with E-state index in [2.05, 4.69) is 40.4 Å². The average molecular weight is 385 g/mol. The first-order valence-electron chi connectivity index (χ1n) is 11.5. The summed E-state index contributed by atoms with van der Waals surface area (Å²) in [6.07, 6.45) is 18.2. The Hall–Kier alpha value is -0.313. The van der Waals surface area contributed by atoms with Crippen molar-refractivity contribution in [3.05, 3.63) is 0 Å². The summed E-state index contributed by atoms with van der Waals surface area (Å²) in [5.74, 6) is 1.59. The van der Waals surface area contributed by atoms with Gasteiger partial charge in [-0.1, -0.05) is 97.8 Å². The molecular formula is C23H48O2Si. The highest BCUT2D eigenvalue weighted by Gasteiger charge is 2.19. The second-order valence-electron chi connectivity index (χ2n) is 9.53. The summed E-state index contributed by atoms with van der Waals surface area (Å²) in [5.41, 5.74) is 0. The molecule has 0 amide bonds. The molecule has 0 aliphatic heterocycles. The summed E-state index contributed by atoms with van der Waals surface area (Å²) in [7, 11) is -1.70. The molecule has 0 saturated heterocycles. The lowest BCUT2D eigenvalue weighted by molar-refractivity contribution is -0.135. The van der Waals surface area contributed by atoms with Gasteiger partial charge in [-0.25, -0.2) is 0 Å². The van der Waals surface area contributed by atoms with Crippen LogP contribution in [0, 0.1) is 11.8 Å². The second kappa shape index (κ2) is 15.7. The van der Waals surface area contributed by atoms with E-state index in [9.17, 15) is 4.79 Å². The van der Waals surface area contributed by atoms with Crippen molar-refractivity contribution in [3.63, 3.8) is 0 Å². The van der Waals surface area contributed by atoms with Crippen LogP contribution in [-0.2, 0) is 9.22 Å². The number of unbranched alkanes of at least 4 members (excludes halogenated alkanes) is 7. The van der Waals surface area contributed by atoms with Crippen LogP contribution in [-0.4, -0.2) is 14.3 Å². The van der Waals surface area contributed by atoms with E-state index < -0.39 is 8.32 Å². The third kappa shape index (κ3) is 18.5. The lowest BCUT2D eigenvalue weighted by Crippen LogP contribution is -2.29. The second-order valence-corrected chi connectivity index (χ2v) is 14.0. The largest absolute Gasteiger partial charge is 0.520 e. The van der Waals surface area contributed by atoms with Gasteiger partial charge in [0.1, 0.15) is 0 Å². The van der Waals surface area contributed by atoms with Crippen LogP contribution in [0.15, 0.2) is 0 Å². The molecule has 0 heterocycles. The van der Waals surface area contributed by atoms with Gasteiger partial charge in [0.2, 0.25) is 8.32 Å². The molecule has 0 spiro atoms. The van der Waals surface area contributed by atoms with Crippen molar-refractivity contribution in [1.29, 1.82) is 0 Å². The van der Waals surface area contributed by atoms with E-state index in [0.717, 1.165) is 12.3 Å². The monoisotopic (exact) mass is 384 g/mol. The normalized spacial score (nSPS) is 14.2. The van der Waals surface area contributed by atoms with Crippen LogP contribution < -0.4 is 0 Å². The molecule has 0 saturated carbocycles. The maximum atomic E-state index is 11.8. The fraction of sp³-hybridized carbons (Fsp3) is 0.957. The summed E-state index contributed by atoms with van der Waals surface area (Å²) in [6, 6.07) is 0. The smallest absolute Gasteiger partial charge is 0.292 e. The minimum Gasteiger partial charge on any atom is -0.520 e. The van der Waals surface area contributed by atoms with Crippen molar-refractivity contribution in [2.24, 2.45) is 11.8 Å². The van der Waals surface area contributed by atoms with Crippen molar-refractivity contribution in [1.82, 2.24) is 0 Å². The van der Waals surface area contributed by atoms with Crippen molar-refractivity contribution in [3.8, 4) is 0 Å². The maximum absolute atomic E-state index is 11.8. The van der Waals surface area contributed by atoms with Crippen LogP contribution in [0.5, 0.6) is 0 Å². The zero-order valence-electron chi connectivity index (χ0n) is 18.9. The molecule has 0 fully saturated rings. The van der Waals surface area contributed by atoms with E-state index in [1.54, 1.807) is 0 Å². The van der Waals surface area contributed by atoms with Crippen molar-refractivity contribution in [2.75, 3.05) is 0 Å². The van der Waals surface area contributed by atoms with Gasteiger partial charge in [0.25, 0.3) is 5.97 Å². The quantitative estimate of drug-likeness (QED) is 0.187. The first-order valence-corrected chi connectivity index (χ1v) is 14.9. The Balaban J connectivity index is 3.40. The summed E-state index contributed by atoms with van der Waals surface area (Å²) >= 11 is 0. The van der Waals surface area contributed by atoms with E-state index in [-0.39, 0.29) is 5.97 Å². The third-order valence-corrected chi connectivity index (χ3v) is 6.05. The summed E-state index contributed by atoms with van der Waals surface area (Å²) < 4.78 is 5.51.